The molecule has 0 spiro atoms. The van der Waals surface area contributed by atoms with Crippen molar-refractivity contribution < 1.29 is 4.79 Å². The number of rotatable bonds is 6. The minimum atomic E-state index is -0.0614. The number of thiazole rings is 1. The van der Waals surface area contributed by atoms with Gasteiger partial charge in [-0.15, -0.1) is 11.3 Å². The molecule has 96 valence electrons. The highest BCUT2D eigenvalue weighted by atomic mass is 32.1. The fraction of sp³-hybridized carbons (Fsp3) is 0.636. The van der Waals surface area contributed by atoms with Gasteiger partial charge in [-0.1, -0.05) is 6.92 Å². The lowest BCUT2D eigenvalue weighted by molar-refractivity contribution is 0.217. The second-order valence-electron chi connectivity index (χ2n) is 3.89. The monoisotopic (exact) mass is 256 g/mol. The number of aromatic nitrogens is 1. The van der Waals surface area contributed by atoms with Gasteiger partial charge in [-0.25, -0.2) is 9.78 Å². The van der Waals surface area contributed by atoms with E-state index in [1.165, 1.54) is 9.91 Å². The second kappa shape index (κ2) is 7.24. The van der Waals surface area contributed by atoms with Crippen LogP contribution in [0.4, 0.5) is 4.79 Å². The number of aryl methyl sites for hydroxylation is 1. The quantitative estimate of drug-likeness (QED) is 0.749. The Hall–Kier alpha value is -1.14. The summed E-state index contributed by atoms with van der Waals surface area (Å²) in [5.41, 5.74) is 1.07. The minimum Gasteiger partial charge on any atom is -0.337 e. The third-order valence-corrected chi connectivity index (χ3v) is 3.23. The molecule has 1 aromatic heterocycles. The van der Waals surface area contributed by atoms with Crippen molar-refractivity contribution in [3.63, 3.8) is 0 Å². The molecule has 0 saturated heterocycles. The van der Waals surface area contributed by atoms with E-state index >= 15 is 0 Å². The molecule has 0 aromatic carbocycles. The first-order valence-corrected chi connectivity index (χ1v) is 6.60. The van der Waals surface area contributed by atoms with Crippen LogP contribution in [0.15, 0.2) is 5.38 Å². The summed E-state index contributed by atoms with van der Waals surface area (Å²) in [7, 11) is 3.45. The van der Waals surface area contributed by atoms with Crippen molar-refractivity contribution in [3.8, 4) is 0 Å². The SMILES string of the molecule is CCc1nc(CNCCNC(=O)N(C)C)cs1. The highest BCUT2D eigenvalue weighted by Gasteiger charge is 2.01. The van der Waals surface area contributed by atoms with Gasteiger partial charge in [0, 0.05) is 39.1 Å². The Balaban J connectivity index is 2.10. The highest BCUT2D eigenvalue weighted by molar-refractivity contribution is 7.09. The summed E-state index contributed by atoms with van der Waals surface area (Å²) in [6.45, 7) is 4.24. The molecule has 5 nitrogen and oxygen atoms in total. The molecule has 0 bridgehead atoms. The fourth-order valence-electron chi connectivity index (χ4n) is 1.22. The Labute approximate surface area is 106 Å². The van der Waals surface area contributed by atoms with Crippen molar-refractivity contribution in [1.82, 2.24) is 20.5 Å². The normalized spacial score (nSPS) is 10.3. The summed E-state index contributed by atoms with van der Waals surface area (Å²) < 4.78 is 0. The van der Waals surface area contributed by atoms with Crippen molar-refractivity contribution in [2.24, 2.45) is 0 Å². The lowest BCUT2D eigenvalue weighted by Gasteiger charge is -2.11. The van der Waals surface area contributed by atoms with E-state index in [9.17, 15) is 4.79 Å². The Morgan fingerprint density at radius 1 is 1.47 bits per heavy atom. The maximum absolute atomic E-state index is 11.2. The number of nitrogens with zero attached hydrogens (tertiary/aromatic N) is 2. The molecular weight excluding hydrogens is 236 g/mol. The third kappa shape index (κ3) is 5.14. The second-order valence-corrected chi connectivity index (χ2v) is 4.83. The van der Waals surface area contributed by atoms with Crippen LogP contribution in [-0.4, -0.2) is 43.1 Å². The van der Waals surface area contributed by atoms with Crippen LogP contribution >= 0.6 is 11.3 Å². The number of hydrogen-bond acceptors (Lipinski definition) is 4. The van der Waals surface area contributed by atoms with Gasteiger partial charge >= 0.3 is 6.03 Å². The van der Waals surface area contributed by atoms with E-state index in [2.05, 4.69) is 27.9 Å². The number of hydrogen-bond donors (Lipinski definition) is 2. The maximum atomic E-state index is 11.2. The van der Waals surface area contributed by atoms with E-state index in [1.54, 1.807) is 25.4 Å². The molecule has 2 amide bonds. The average molecular weight is 256 g/mol. The molecule has 0 aliphatic rings. The molecule has 0 radical (unpaired) electrons. The van der Waals surface area contributed by atoms with Crippen LogP contribution in [0.2, 0.25) is 0 Å². The molecular formula is C11H20N4OS. The van der Waals surface area contributed by atoms with Crippen molar-refractivity contribution in [1.29, 1.82) is 0 Å². The van der Waals surface area contributed by atoms with Crippen molar-refractivity contribution in [2.75, 3.05) is 27.2 Å². The zero-order valence-corrected chi connectivity index (χ0v) is 11.4. The smallest absolute Gasteiger partial charge is 0.316 e. The summed E-state index contributed by atoms with van der Waals surface area (Å²) in [6, 6.07) is -0.0614. The van der Waals surface area contributed by atoms with Crippen molar-refractivity contribution >= 4 is 17.4 Å². The molecule has 0 atom stereocenters. The van der Waals surface area contributed by atoms with Crippen LogP contribution in [-0.2, 0) is 13.0 Å². The van der Waals surface area contributed by atoms with Gasteiger partial charge in [0.15, 0.2) is 0 Å². The van der Waals surface area contributed by atoms with Crippen LogP contribution in [0.5, 0.6) is 0 Å². The molecule has 0 unspecified atom stereocenters. The van der Waals surface area contributed by atoms with Crippen LogP contribution in [0.25, 0.3) is 0 Å². The van der Waals surface area contributed by atoms with Crippen LogP contribution in [0.3, 0.4) is 0 Å². The minimum absolute atomic E-state index is 0.0614. The molecule has 0 saturated carbocycles. The van der Waals surface area contributed by atoms with E-state index in [-0.39, 0.29) is 6.03 Å². The highest BCUT2D eigenvalue weighted by Crippen LogP contribution is 2.09. The molecule has 17 heavy (non-hydrogen) atoms. The molecule has 2 N–H and O–H groups in total. The molecule has 1 rings (SSSR count). The zero-order valence-electron chi connectivity index (χ0n) is 10.6. The number of amides is 2. The number of urea groups is 1. The summed E-state index contributed by atoms with van der Waals surface area (Å²) in [4.78, 5) is 17.2. The summed E-state index contributed by atoms with van der Waals surface area (Å²) in [5, 5.41) is 9.28. The van der Waals surface area contributed by atoms with Crippen LogP contribution in [0, 0.1) is 0 Å². The Morgan fingerprint density at radius 2 is 2.24 bits per heavy atom. The Morgan fingerprint density at radius 3 is 2.82 bits per heavy atom. The van der Waals surface area contributed by atoms with Crippen molar-refractivity contribution in [2.45, 2.75) is 19.9 Å². The molecule has 6 heteroatoms. The van der Waals surface area contributed by atoms with E-state index in [0.717, 1.165) is 25.2 Å². The lowest BCUT2D eigenvalue weighted by atomic mass is 10.4. The molecule has 1 heterocycles. The summed E-state index contributed by atoms with van der Waals surface area (Å²) in [5.74, 6) is 0. The van der Waals surface area contributed by atoms with Crippen molar-refractivity contribution in [3.05, 3.63) is 16.1 Å². The van der Waals surface area contributed by atoms with Gasteiger partial charge in [-0.2, -0.15) is 0 Å². The Kier molecular flexibility index (Phi) is 5.93. The number of carbonyl (C=O) groups excluding carboxylic acids is 1. The summed E-state index contributed by atoms with van der Waals surface area (Å²) >= 11 is 1.69. The number of carbonyl (C=O) groups is 1. The topological polar surface area (TPSA) is 57.3 Å². The largest absolute Gasteiger partial charge is 0.337 e. The van der Waals surface area contributed by atoms with E-state index < -0.39 is 0 Å². The Bertz CT molecular complexity index is 351. The van der Waals surface area contributed by atoms with E-state index in [4.69, 9.17) is 0 Å². The van der Waals surface area contributed by atoms with E-state index in [1.807, 2.05) is 0 Å². The first-order chi connectivity index (χ1) is 8.13. The van der Waals surface area contributed by atoms with Gasteiger partial charge in [0.1, 0.15) is 0 Å². The van der Waals surface area contributed by atoms with Gasteiger partial charge in [0.05, 0.1) is 10.7 Å². The van der Waals surface area contributed by atoms with Crippen LogP contribution in [0.1, 0.15) is 17.6 Å². The first kappa shape index (κ1) is 13.9. The predicted molar refractivity (Wildman–Crippen MR) is 70.3 cm³/mol. The van der Waals surface area contributed by atoms with Crippen LogP contribution < -0.4 is 10.6 Å². The predicted octanol–water partition coefficient (Wildman–Crippen LogP) is 1.07. The molecule has 1 aromatic rings. The van der Waals surface area contributed by atoms with Gasteiger partial charge in [0.2, 0.25) is 0 Å². The third-order valence-electron chi connectivity index (χ3n) is 2.19. The standard InChI is InChI=1S/C11H20N4OS/c1-4-10-14-9(8-17-10)7-12-5-6-13-11(16)15(2)3/h8,12H,4-7H2,1-3H3,(H,13,16). The zero-order chi connectivity index (χ0) is 12.7. The number of nitrogens with one attached hydrogen (secondary N) is 2. The van der Waals surface area contributed by atoms with Gasteiger partial charge < -0.3 is 15.5 Å². The lowest BCUT2D eigenvalue weighted by Crippen LogP contribution is -2.38. The molecule has 0 aliphatic heterocycles. The van der Waals surface area contributed by atoms with Gasteiger partial charge in [-0.3, -0.25) is 0 Å². The summed E-state index contributed by atoms with van der Waals surface area (Å²) in [6.07, 6.45) is 0.990. The molecule has 0 aliphatic carbocycles. The van der Waals surface area contributed by atoms with E-state index in [0.29, 0.717) is 6.54 Å². The maximum Gasteiger partial charge on any atom is 0.316 e. The molecule has 0 fully saturated rings. The average Bonchev–Trinajstić information content (AvgIpc) is 2.76. The fourth-order valence-corrected chi connectivity index (χ4v) is 1.97. The van der Waals surface area contributed by atoms with Gasteiger partial charge in [-0.05, 0) is 6.42 Å². The van der Waals surface area contributed by atoms with Gasteiger partial charge in [0.25, 0.3) is 0 Å². The first-order valence-electron chi connectivity index (χ1n) is 5.72.